The lowest BCUT2D eigenvalue weighted by Gasteiger charge is -2.13. The van der Waals surface area contributed by atoms with Gasteiger partial charge in [-0.2, -0.15) is 0 Å². The first-order valence-corrected chi connectivity index (χ1v) is 9.98. The van der Waals surface area contributed by atoms with E-state index in [-0.39, 0.29) is 11.6 Å². The van der Waals surface area contributed by atoms with Crippen LogP contribution < -0.4 is 9.47 Å². The highest BCUT2D eigenvalue weighted by molar-refractivity contribution is 9.10. The molecule has 0 amide bonds. The number of cyclic esters (lactones) is 1. The molecule has 1 heterocycles. The van der Waals surface area contributed by atoms with Crippen molar-refractivity contribution in [3.63, 3.8) is 0 Å². The molecule has 0 aliphatic carbocycles. The number of benzene rings is 2. The van der Waals surface area contributed by atoms with E-state index in [2.05, 4.69) is 36.9 Å². The van der Waals surface area contributed by atoms with E-state index in [0.29, 0.717) is 24.7 Å². The third-order valence-corrected chi connectivity index (χ3v) is 4.75. The lowest BCUT2D eigenvalue weighted by molar-refractivity contribution is -0.129. The van der Waals surface area contributed by atoms with Crippen LogP contribution in [0.5, 0.6) is 11.5 Å². The molecule has 3 rings (SSSR count). The molecule has 1 aliphatic heterocycles. The van der Waals surface area contributed by atoms with Gasteiger partial charge >= 0.3 is 5.97 Å². The van der Waals surface area contributed by atoms with Gasteiger partial charge in [-0.15, -0.1) is 0 Å². The SMILES string of the molecule is CCOc1cc(/C=C2\N=C(c3ccc(Br)cc3)OC2=O)cc(Br)c1OCC. The fourth-order valence-corrected chi connectivity index (χ4v) is 3.34. The number of carbonyl (C=O) groups excluding carboxylic acids is 1. The van der Waals surface area contributed by atoms with E-state index in [9.17, 15) is 4.79 Å². The van der Waals surface area contributed by atoms with Crippen LogP contribution in [0.2, 0.25) is 0 Å². The van der Waals surface area contributed by atoms with Crippen molar-refractivity contribution in [2.75, 3.05) is 13.2 Å². The molecule has 2 aromatic carbocycles. The van der Waals surface area contributed by atoms with Crippen LogP contribution in [0.1, 0.15) is 25.0 Å². The zero-order valence-corrected chi connectivity index (χ0v) is 18.0. The van der Waals surface area contributed by atoms with E-state index in [1.807, 2.05) is 50.2 Å². The predicted molar refractivity (Wildman–Crippen MR) is 111 cm³/mol. The average Bonchev–Trinajstić information content (AvgIpc) is 2.99. The zero-order chi connectivity index (χ0) is 19.4. The number of nitrogens with zero attached hydrogens (tertiary/aromatic N) is 1. The van der Waals surface area contributed by atoms with Gasteiger partial charge in [-0.3, -0.25) is 0 Å². The number of aliphatic imine (C=N–C) groups is 1. The molecule has 7 heteroatoms. The maximum atomic E-state index is 12.2. The van der Waals surface area contributed by atoms with Gasteiger partial charge in [-0.05, 0) is 77.8 Å². The Labute approximate surface area is 174 Å². The molecule has 5 nitrogen and oxygen atoms in total. The molecule has 0 fully saturated rings. The van der Waals surface area contributed by atoms with E-state index in [1.54, 1.807) is 6.08 Å². The van der Waals surface area contributed by atoms with Gasteiger partial charge in [0.15, 0.2) is 17.2 Å². The minimum atomic E-state index is -0.490. The van der Waals surface area contributed by atoms with E-state index in [1.165, 1.54) is 0 Å². The minimum Gasteiger partial charge on any atom is -0.490 e. The van der Waals surface area contributed by atoms with Crippen molar-refractivity contribution in [2.45, 2.75) is 13.8 Å². The predicted octanol–water partition coefficient (Wildman–Crippen LogP) is 5.35. The van der Waals surface area contributed by atoms with E-state index in [0.717, 1.165) is 20.1 Å². The van der Waals surface area contributed by atoms with Crippen LogP contribution in [-0.4, -0.2) is 25.1 Å². The molecule has 0 aromatic heterocycles. The molecule has 140 valence electrons. The summed E-state index contributed by atoms with van der Waals surface area (Å²) in [6.07, 6.45) is 1.66. The summed E-state index contributed by atoms with van der Waals surface area (Å²) >= 11 is 6.88. The average molecular weight is 495 g/mol. The van der Waals surface area contributed by atoms with Gasteiger partial charge in [0.1, 0.15) is 0 Å². The molecule has 0 radical (unpaired) electrons. The number of hydrogen-bond acceptors (Lipinski definition) is 5. The largest absolute Gasteiger partial charge is 0.490 e. The van der Waals surface area contributed by atoms with Crippen molar-refractivity contribution < 1.29 is 19.0 Å². The molecule has 0 bridgehead atoms. The Hall–Kier alpha value is -2.12. The van der Waals surface area contributed by atoms with Crippen molar-refractivity contribution >= 4 is 49.8 Å². The molecule has 1 aliphatic rings. The first-order valence-electron chi connectivity index (χ1n) is 8.39. The summed E-state index contributed by atoms with van der Waals surface area (Å²) in [5.41, 5.74) is 1.71. The number of ether oxygens (including phenoxy) is 3. The summed E-state index contributed by atoms with van der Waals surface area (Å²) in [5.74, 6) is 1.03. The topological polar surface area (TPSA) is 57.1 Å². The Balaban J connectivity index is 1.95. The number of rotatable bonds is 6. The van der Waals surface area contributed by atoms with Crippen LogP contribution >= 0.6 is 31.9 Å². The van der Waals surface area contributed by atoms with Crippen LogP contribution in [0.4, 0.5) is 0 Å². The Morgan fingerprint density at radius 2 is 1.78 bits per heavy atom. The monoisotopic (exact) mass is 493 g/mol. The second-order valence-corrected chi connectivity index (χ2v) is 7.31. The van der Waals surface area contributed by atoms with Gasteiger partial charge in [0.05, 0.1) is 17.7 Å². The van der Waals surface area contributed by atoms with E-state index in [4.69, 9.17) is 14.2 Å². The van der Waals surface area contributed by atoms with Crippen molar-refractivity contribution in [1.82, 2.24) is 0 Å². The molecular weight excluding hydrogens is 478 g/mol. The minimum absolute atomic E-state index is 0.228. The highest BCUT2D eigenvalue weighted by Gasteiger charge is 2.24. The van der Waals surface area contributed by atoms with Gasteiger partial charge in [0.25, 0.3) is 0 Å². The molecule has 0 saturated carbocycles. The lowest BCUT2D eigenvalue weighted by Crippen LogP contribution is -2.05. The van der Waals surface area contributed by atoms with Crippen LogP contribution in [0.3, 0.4) is 0 Å². The third-order valence-electron chi connectivity index (χ3n) is 3.64. The van der Waals surface area contributed by atoms with Gasteiger partial charge in [0, 0.05) is 10.0 Å². The molecule has 0 saturated heterocycles. The van der Waals surface area contributed by atoms with Crippen molar-refractivity contribution in [3.8, 4) is 11.5 Å². The third kappa shape index (κ3) is 4.59. The Bertz CT molecular complexity index is 920. The molecule has 0 atom stereocenters. The number of halogens is 2. The first-order chi connectivity index (χ1) is 13.0. The zero-order valence-electron chi connectivity index (χ0n) is 14.8. The van der Waals surface area contributed by atoms with Crippen LogP contribution in [0.15, 0.2) is 56.0 Å². The fourth-order valence-electron chi connectivity index (χ4n) is 2.50. The summed E-state index contributed by atoms with van der Waals surface area (Å²) < 4.78 is 18.3. The van der Waals surface area contributed by atoms with E-state index < -0.39 is 5.97 Å². The molecular formula is C20H17Br2NO4. The van der Waals surface area contributed by atoms with Gasteiger partial charge in [-0.1, -0.05) is 15.9 Å². The van der Waals surface area contributed by atoms with Crippen molar-refractivity contribution in [2.24, 2.45) is 4.99 Å². The Morgan fingerprint density at radius 3 is 2.44 bits per heavy atom. The summed E-state index contributed by atoms with van der Waals surface area (Å²) in [5, 5.41) is 0. The molecule has 0 unspecified atom stereocenters. The van der Waals surface area contributed by atoms with Gasteiger partial charge in [-0.25, -0.2) is 9.79 Å². The quantitative estimate of drug-likeness (QED) is 0.401. The lowest BCUT2D eigenvalue weighted by atomic mass is 10.1. The van der Waals surface area contributed by atoms with Crippen LogP contribution in [-0.2, 0) is 9.53 Å². The van der Waals surface area contributed by atoms with Crippen LogP contribution in [0.25, 0.3) is 6.08 Å². The van der Waals surface area contributed by atoms with Gasteiger partial charge in [0.2, 0.25) is 5.90 Å². The smallest absolute Gasteiger partial charge is 0.363 e. The second-order valence-electron chi connectivity index (χ2n) is 5.54. The molecule has 0 spiro atoms. The molecule has 2 aromatic rings. The molecule has 27 heavy (non-hydrogen) atoms. The normalized spacial score (nSPS) is 14.9. The standard InChI is InChI=1S/C20H17Br2NO4/c1-3-25-17-11-12(9-15(22)18(17)26-4-2)10-16-20(24)27-19(23-16)13-5-7-14(21)8-6-13/h5-11H,3-4H2,1-2H3/b16-10-. The fraction of sp³-hybridized carbons (Fsp3) is 0.200. The van der Waals surface area contributed by atoms with Gasteiger partial charge < -0.3 is 14.2 Å². The first kappa shape index (κ1) is 19.6. The highest BCUT2D eigenvalue weighted by atomic mass is 79.9. The highest BCUT2D eigenvalue weighted by Crippen LogP contribution is 2.37. The maximum Gasteiger partial charge on any atom is 0.363 e. The number of hydrogen-bond donors (Lipinski definition) is 0. The number of esters is 1. The number of carbonyl (C=O) groups is 1. The Morgan fingerprint density at radius 1 is 1.07 bits per heavy atom. The van der Waals surface area contributed by atoms with Crippen molar-refractivity contribution in [1.29, 1.82) is 0 Å². The van der Waals surface area contributed by atoms with Crippen molar-refractivity contribution in [3.05, 3.63) is 62.2 Å². The van der Waals surface area contributed by atoms with E-state index >= 15 is 0 Å². The maximum absolute atomic E-state index is 12.2. The summed E-state index contributed by atoms with van der Waals surface area (Å²) in [7, 11) is 0. The summed E-state index contributed by atoms with van der Waals surface area (Å²) in [6, 6.07) is 11.1. The summed E-state index contributed by atoms with van der Waals surface area (Å²) in [4.78, 5) is 16.5. The summed E-state index contributed by atoms with van der Waals surface area (Å²) in [6.45, 7) is 4.83. The second kappa shape index (κ2) is 8.71. The Kier molecular flexibility index (Phi) is 6.34. The van der Waals surface area contributed by atoms with Crippen LogP contribution in [0, 0.1) is 0 Å². The molecule has 0 N–H and O–H groups in total.